The topological polar surface area (TPSA) is 83.7 Å². The summed E-state index contributed by atoms with van der Waals surface area (Å²) >= 11 is 0. The number of furan rings is 1. The van der Waals surface area contributed by atoms with Gasteiger partial charge < -0.3 is 24.9 Å². The highest BCUT2D eigenvalue weighted by atomic mass is 16.5. The van der Waals surface area contributed by atoms with Gasteiger partial charge in [0.05, 0.1) is 18.9 Å². The molecule has 0 radical (unpaired) electrons. The summed E-state index contributed by atoms with van der Waals surface area (Å²) in [5.41, 5.74) is 1.59. The summed E-state index contributed by atoms with van der Waals surface area (Å²) in [6.45, 7) is 1.99. The molecule has 6 heteroatoms. The number of hydrogen-bond acceptors (Lipinski definition) is 4. The van der Waals surface area contributed by atoms with Crippen molar-refractivity contribution in [2.75, 3.05) is 11.9 Å². The van der Waals surface area contributed by atoms with Gasteiger partial charge in [0.1, 0.15) is 17.6 Å². The maximum atomic E-state index is 12.1. The molecule has 1 atom stereocenters. The second-order valence-corrected chi connectivity index (χ2v) is 6.32. The van der Waals surface area contributed by atoms with E-state index in [1.54, 1.807) is 12.1 Å². The minimum absolute atomic E-state index is 0.0661. The van der Waals surface area contributed by atoms with Gasteiger partial charge in [-0.15, -0.1) is 0 Å². The minimum atomic E-state index is -0.876. The molecule has 0 bridgehead atoms. The standard InChI is InChI=1S/C19H24N2O4/c1-13-15(8-4-9-17(13)25-14-6-2-3-7-14)21-19(23)20-12-16(22)18-10-5-11-24-18/h4-5,8-11,14,16,22H,2-3,6-7,12H2,1H3,(H2,20,21,23). The molecule has 1 aliphatic carbocycles. The quantitative estimate of drug-likeness (QED) is 0.745. The molecule has 1 unspecified atom stereocenters. The van der Waals surface area contributed by atoms with E-state index in [-0.39, 0.29) is 18.7 Å². The smallest absolute Gasteiger partial charge is 0.319 e. The normalized spacial score (nSPS) is 15.8. The van der Waals surface area contributed by atoms with Crippen LogP contribution in [0.25, 0.3) is 0 Å². The van der Waals surface area contributed by atoms with Crippen molar-refractivity contribution in [2.24, 2.45) is 0 Å². The number of aliphatic hydroxyl groups is 1. The number of aliphatic hydroxyl groups excluding tert-OH is 1. The zero-order valence-corrected chi connectivity index (χ0v) is 14.3. The fourth-order valence-corrected chi connectivity index (χ4v) is 3.00. The van der Waals surface area contributed by atoms with Crippen molar-refractivity contribution in [1.29, 1.82) is 0 Å². The third-order valence-corrected chi connectivity index (χ3v) is 4.46. The Balaban J connectivity index is 1.55. The van der Waals surface area contributed by atoms with Crippen LogP contribution in [0.4, 0.5) is 10.5 Å². The SMILES string of the molecule is Cc1c(NC(=O)NCC(O)c2ccco2)cccc1OC1CCCC1. The molecule has 0 spiro atoms. The van der Waals surface area contributed by atoms with Crippen LogP contribution in [0.15, 0.2) is 41.0 Å². The number of urea groups is 1. The predicted molar refractivity (Wildman–Crippen MR) is 94.8 cm³/mol. The van der Waals surface area contributed by atoms with Gasteiger partial charge in [0.15, 0.2) is 0 Å². The monoisotopic (exact) mass is 344 g/mol. The van der Waals surface area contributed by atoms with Crippen molar-refractivity contribution in [2.45, 2.75) is 44.8 Å². The molecular formula is C19H24N2O4. The lowest BCUT2D eigenvalue weighted by molar-refractivity contribution is 0.149. The van der Waals surface area contributed by atoms with Crippen LogP contribution in [0.1, 0.15) is 43.1 Å². The van der Waals surface area contributed by atoms with Crippen LogP contribution in [-0.4, -0.2) is 23.8 Å². The number of ether oxygens (including phenoxy) is 1. The molecule has 1 saturated carbocycles. The van der Waals surface area contributed by atoms with E-state index in [4.69, 9.17) is 9.15 Å². The summed E-state index contributed by atoms with van der Waals surface area (Å²) in [7, 11) is 0. The Morgan fingerprint density at radius 3 is 2.84 bits per heavy atom. The van der Waals surface area contributed by atoms with Gasteiger partial charge in [0.2, 0.25) is 0 Å². The van der Waals surface area contributed by atoms with Gasteiger partial charge in [-0.1, -0.05) is 6.07 Å². The largest absolute Gasteiger partial charge is 0.490 e. The van der Waals surface area contributed by atoms with Gasteiger partial charge in [-0.05, 0) is 56.9 Å². The highest BCUT2D eigenvalue weighted by molar-refractivity contribution is 5.90. The summed E-state index contributed by atoms with van der Waals surface area (Å²) in [5, 5.41) is 15.4. The van der Waals surface area contributed by atoms with E-state index in [9.17, 15) is 9.90 Å². The van der Waals surface area contributed by atoms with E-state index < -0.39 is 6.10 Å². The van der Waals surface area contributed by atoms with Gasteiger partial charge in [-0.2, -0.15) is 0 Å². The molecule has 1 aliphatic rings. The number of benzene rings is 1. The number of carbonyl (C=O) groups is 1. The number of hydrogen-bond donors (Lipinski definition) is 3. The summed E-state index contributed by atoms with van der Waals surface area (Å²) in [6.07, 6.45) is 5.47. The number of carbonyl (C=O) groups excluding carboxylic acids is 1. The highest BCUT2D eigenvalue weighted by Crippen LogP contribution is 2.30. The van der Waals surface area contributed by atoms with Gasteiger partial charge in [-0.3, -0.25) is 0 Å². The summed E-state index contributed by atoms with van der Waals surface area (Å²) in [4.78, 5) is 12.1. The third kappa shape index (κ3) is 4.54. The van der Waals surface area contributed by atoms with Crippen LogP contribution in [0.5, 0.6) is 5.75 Å². The highest BCUT2D eigenvalue weighted by Gasteiger charge is 2.18. The average molecular weight is 344 g/mol. The first-order chi connectivity index (χ1) is 12.1. The van der Waals surface area contributed by atoms with E-state index in [2.05, 4.69) is 10.6 Å². The first-order valence-corrected chi connectivity index (χ1v) is 8.66. The van der Waals surface area contributed by atoms with Gasteiger partial charge in [0.25, 0.3) is 0 Å². The van der Waals surface area contributed by atoms with Crippen LogP contribution < -0.4 is 15.4 Å². The fraction of sp³-hybridized carbons (Fsp3) is 0.421. The Bertz CT molecular complexity index is 693. The molecule has 1 aromatic carbocycles. The summed E-state index contributed by atoms with van der Waals surface area (Å²) in [6, 6.07) is 8.60. The molecule has 1 fully saturated rings. The Kier molecular flexibility index (Phi) is 5.60. The predicted octanol–water partition coefficient (Wildman–Crippen LogP) is 3.76. The van der Waals surface area contributed by atoms with E-state index in [0.717, 1.165) is 24.2 Å². The van der Waals surface area contributed by atoms with Crippen molar-refractivity contribution >= 4 is 11.7 Å². The van der Waals surface area contributed by atoms with Crippen LogP contribution in [0, 0.1) is 6.92 Å². The lowest BCUT2D eigenvalue weighted by Gasteiger charge is -2.18. The molecule has 1 aromatic heterocycles. The van der Waals surface area contributed by atoms with E-state index in [0.29, 0.717) is 11.4 Å². The first-order valence-electron chi connectivity index (χ1n) is 8.66. The zero-order chi connectivity index (χ0) is 17.6. The van der Waals surface area contributed by atoms with E-state index in [1.165, 1.54) is 19.1 Å². The molecule has 134 valence electrons. The molecule has 25 heavy (non-hydrogen) atoms. The summed E-state index contributed by atoms with van der Waals surface area (Å²) < 4.78 is 11.2. The zero-order valence-electron chi connectivity index (χ0n) is 14.3. The Morgan fingerprint density at radius 1 is 1.32 bits per heavy atom. The van der Waals surface area contributed by atoms with Gasteiger partial charge in [-0.25, -0.2) is 4.79 Å². The van der Waals surface area contributed by atoms with Crippen LogP contribution in [-0.2, 0) is 0 Å². The molecule has 2 aromatic rings. The van der Waals surface area contributed by atoms with Crippen LogP contribution in [0.3, 0.4) is 0 Å². The number of anilines is 1. The van der Waals surface area contributed by atoms with Crippen molar-refractivity contribution in [3.05, 3.63) is 47.9 Å². The maximum Gasteiger partial charge on any atom is 0.319 e. The molecule has 3 N–H and O–H groups in total. The van der Waals surface area contributed by atoms with Crippen molar-refractivity contribution in [3.8, 4) is 5.75 Å². The maximum absolute atomic E-state index is 12.1. The lowest BCUT2D eigenvalue weighted by atomic mass is 10.1. The molecule has 6 nitrogen and oxygen atoms in total. The first kappa shape index (κ1) is 17.4. The second kappa shape index (κ2) is 8.07. The third-order valence-electron chi connectivity index (χ3n) is 4.46. The molecule has 3 rings (SSSR count). The average Bonchev–Trinajstić information content (AvgIpc) is 3.30. The Hall–Kier alpha value is -2.47. The summed E-state index contributed by atoms with van der Waals surface area (Å²) in [5.74, 6) is 1.23. The second-order valence-electron chi connectivity index (χ2n) is 6.32. The van der Waals surface area contributed by atoms with Crippen LogP contribution >= 0.6 is 0 Å². The van der Waals surface area contributed by atoms with Gasteiger partial charge >= 0.3 is 6.03 Å². The Labute approximate surface area is 147 Å². The molecule has 0 aliphatic heterocycles. The number of amides is 2. The minimum Gasteiger partial charge on any atom is -0.490 e. The van der Waals surface area contributed by atoms with Crippen molar-refractivity contribution in [3.63, 3.8) is 0 Å². The Morgan fingerprint density at radius 2 is 2.12 bits per heavy atom. The molecule has 1 heterocycles. The van der Waals surface area contributed by atoms with Crippen LogP contribution in [0.2, 0.25) is 0 Å². The number of rotatable bonds is 6. The lowest BCUT2D eigenvalue weighted by Crippen LogP contribution is -2.32. The molecular weight excluding hydrogens is 320 g/mol. The molecule has 0 saturated heterocycles. The van der Waals surface area contributed by atoms with E-state index >= 15 is 0 Å². The fourth-order valence-electron chi connectivity index (χ4n) is 3.00. The van der Waals surface area contributed by atoms with Crippen molar-refractivity contribution < 1.29 is 19.1 Å². The van der Waals surface area contributed by atoms with Crippen molar-refractivity contribution in [1.82, 2.24) is 5.32 Å². The number of nitrogens with one attached hydrogen (secondary N) is 2. The molecule has 2 amide bonds. The van der Waals surface area contributed by atoms with Gasteiger partial charge in [0, 0.05) is 11.3 Å². The van der Waals surface area contributed by atoms with E-state index in [1.807, 2.05) is 25.1 Å².